The van der Waals surface area contributed by atoms with Crippen molar-refractivity contribution in [3.63, 3.8) is 0 Å². The highest BCUT2D eigenvalue weighted by molar-refractivity contribution is 7.99. The van der Waals surface area contributed by atoms with Crippen molar-refractivity contribution in [3.05, 3.63) is 46.3 Å². The lowest BCUT2D eigenvalue weighted by atomic mass is 10.0. The molecule has 0 amide bonds. The number of rotatable bonds is 4. The maximum Gasteiger partial charge on any atom is 0.350 e. The molecule has 2 aromatic heterocycles. The van der Waals surface area contributed by atoms with E-state index in [4.69, 9.17) is 11.2 Å². The van der Waals surface area contributed by atoms with E-state index in [1.165, 1.54) is 28.4 Å². The molecule has 0 saturated carbocycles. The van der Waals surface area contributed by atoms with Crippen LogP contribution >= 0.6 is 11.8 Å². The predicted octanol–water partition coefficient (Wildman–Crippen LogP) is 2.80. The standard InChI is InChI=1S/C18H15FN4O2S/c1-2-10-26-17-20-16-14(11-5-7-12(19)8-6-11)15(13-4-3-9-25-13)22-23(16)18(24)21-17/h1,5-8,13H,3-4,9-10H2,(H,20,21,24). The summed E-state index contributed by atoms with van der Waals surface area (Å²) in [4.78, 5) is 19.7. The van der Waals surface area contributed by atoms with Gasteiger partial charge in [0.25, 0.3) is 0 Å². The molecule has 4 rings (SSSR count). The molecule has 0 aliphatic carbocycles. The quantitative estimate of drug-likeness (QED) is 0.565. The van der Waals surface area contributed by atoms with E-state index in [0.29, 0.717) is 34.4 Å². The summed E-state index contributed by atoms with van der Waals surface area (Å²) in [6, 6.07) is 6.06. The molecular formula is C18H15FN4O2S. The third kappa shape index (κ3) is 3.00. The highest BCUT2D eigenvalue weighted by Crippen LogP contribution is 2.37. The first-order valence-corrected chi connectivity index (χ1v) is 9.12. The van der Waals surface area contributed by atoms with Gasteiger partial charge in [-0.25, -0.2) is 14.2 Å². The summed E-state index contributed by atoms with van der Waals surface area (Å²) < 4.78 is 20.4. The fraction of sp³-hybridized carbons (Fsp3) is 0.278. The summed E-state index contributed by atoms with van der Waals surface area (Å²) in [5.74, 6) is 2.56. The minimum absolute atomic E-state index is 0.210. The number of aromatic nitrogens is 4. The van der Waals surface area contributed by atoms with E-state index in [2.05, 4.69) is 21.0 Å². The summed E-state index contributed by atoms with van der Waals surface area (Å²) in [5, 5.41) is 4.88. The first-order chi connectivity index (χ1) is 12.7. The van der Waals surface area contributed by atoms with Crippen molar-refractivity contribution in [2.45, 2.75) is 24.1 Å². The second kappa shape index (κ2) is 6.94. The number of ether oxygens (including phenoxy) is 1. The van der Waals surface area contributed by atoms with Gasteiger partial charge in [0.1, 0.15) is 17.6 Å². The van der Waals surface area contributed by atoms with Gasteiger partial charge in [-0.05, 0) is 30.5 Å². The summed E-state index contributed by atoms with van der Waals surface area (Å²) in [6.07, 6.45) is 6.82. The highest BCUT2D eigenvalue weighted by atomic mass is 32.2. The molecule has 0 spiro atoms. The van der Waals surface area contributed by atoms with E-state index in [1.54, 1.807) is 12.1 Å². The van der Waals surface area contributed by atoms with Crippen LogP contribution in [0.5, 0.6) is 0 Å². The van der Waals surface area contributed by atoms with Crippen molar-refractivity contribution < 1.29 is 9.13 Å². The Labute approximate surface area is 152 Å². The van der Waals surface area contributed by atoms with Crippen molar-refractivity contribution in [1.29, 1.82) is 0 Å². The third-order valence-electron chi connectivity index (χ3n) is 4.16. The Bertz CT molecular complexity index is 1050. The zero-order valence-corrected chi connectivity index (χ0v) is 14.6. The number of benzene rings is 1. The lowest BCUT2D eigenvalue weighted by molar-refractivity contribution is 0.109. The van der Waals surface area contributed by atoms with Crippen LogP contribution in [0.4, 0.5) is 4.39 Å². The molecule has 1 aliphatic rings. The van der Waals surface area contributed by atoms with E-state index >= 15 is 0 Å². The molecule has 26 heavy (non-hydrogen) atoms. The molecule has 3 aromatic rings. The third-order valence-corrected chi connectivity index (χ3v) is 4.94. The topological polar surface area (TPSA) is 72.3 Å². The summed E-state index contributed by atoms with van der Waals surface area (Å²) in [6.45, 7) is 0.647. The van der Waals surface area contributed by atoms with Crippen LogP contribution in [0.25, 0.3) is 16.8 Å². The zero-order valence-electron chi connectivity index (χ0n) is 13.7. The molecular weight excluding hydrogens is 355 g/mol. The van der Waals surface area contributed by atoms with Crippen LogP contribution in [-0.4, -0.2) is 31.9 Å². The Balaban J connectivity index is 1.95. The Kier molecular flexibility index (Phi) is 4.49. The number of hydrogen-bond acceptors (Lipinski definition) is 5. The number of aromatic amines is 1. The van der Waals surface area contributed by atoms with Crippen molar-refractivity contribution in [1.82, 2.24) is 19.6 Å². The molecule has 1 saturated heterocycles. The summed E-state index contributed by atoms with van der Waals surface area (Å²) in [7, 11) is 0. The van der Waals surface area contributed by atoms with Gasteiger partial charge in [0.2, 0.25) is 0 Å². The SMILES string of the molecule is C#CCSc1nc2c(-c3ccc(F)cc3)c(C3CCCO3)nn2c(=O)[nH]1. The fourth-order valence-electron chi connectivity index (χ4n) is 3.03. The average molecular weight is 370 g/mol. The van der Waals surface area contributed by atoms with E-state index in [1.807, 2.05) is 0 Å². The first kappa shape index (κ1) is 16.8. The van der Waals surface area contributed by atoms with Crippen LogP contribution < -0.4 is 5.69 Å². The van der Waals surface area contributed by atoms with Crippen molar-refractivity contribution in [2.24, 2.45) is 0 Å². The molecule has 0 bridgehead atoms. The maximum atomic E-state index is 13.4. The Morgan fingerprint density at radius 3 is 2.92 bits per heavy atom. The van der Waals surface area contributed by atoms with Crippen LogP contribution in [0.2, 0.25) is 0 Å². The molecule has 3 heterocycles. The maximum absolute atomic E-state index is 13.4. The molecule has 1 atom stereocenters. The summed E-state index contributed by atoms with van der Waals surface area (Å²) >= 11 is 1.26. The second-order valence-electron chi connectivity index (χ2n) is 5.84. The van der Waals surface area contributed by atoms with Gasteiger partial charge < -0.3 is 4.74 Å². The second-order valence-corrected chi connectivity index (χ2v) is 6.81. The zero-order chi connectivity index (χ0) is 18.1. The molecule has 1 N–H and O–H groups in total. The van der Waals surface area contributed by atoms with E-state index in [-0.39, 0.29) is 11.9 Å². The van der Waals surface area contributed by atoms with E-state index in [9.17, 15) is 9.18 Å². The van der Waals surface area contributed by atoms with Crippen molar-refractivity contribution in [2.75, 3.05) is 12.4 Å². The average Bonchev–Trinajstić information content (AvgIpc) is 3.28. The molecule has 0 radical (unpaired) electrons. The fourth-order valence-corrected chi connectivity index (χ4v) is 3.56. The lowest BCUT2D eigenvalue weighted by Gasteiger charge is -2.09. The van der Waals surface area contributed by atoms with Gasteiger partial charge in [-0.15, -0.1) is 6.42 Å². The van der Waals surface area contributed by atoms with E-state index < -0.39 is 5.69 Å². The number of fused-ring (bicyclic) bond motifs is 1. The molecule has 1 unspecified atom stereocenters. The van der Waals surface area contributed by atoms with E-state index in [0.717, 1.165) is 18.4 Å². The Morgan fingerprint density at radius 2 is 2.23 bits per heavy atom. The number of thioether (sulfide) groups is 1. The largest absolute Gasteiger partial charge is 0.372 e. The lowest BCUT2D eigenvalue weighted by Crippen LogP contribution is -2.19. The van der Waals surface area contributed by atoms with Crippen molar-refractivity contribution >= 4 is 17.4 Å². The monoisotopic (exact) mass is 370 g/mol. The van der Waals surface area contributed by atoms with Gasteiger partial charge >= 0.3 is 5.69 Å². The Morgan fingerprint density at radius 1 is 1.42 bits per heavy atom. The predicted molar refractivity (Wildman–Crippen MR) is 96.5 cm³/mol. The van der Waals surface area contributed by atoms with Crippen LogP contribution in [0, 0.1) is 18.2 Å². The van der Waals surface area contributed by atoms with Crippen LogP contribution in [-0.2, 0) is 4.74 Å². The van der Waals surface area contributed by atoms with Gasteiger partial charge in [-0.3, -0.25) is 4.98 Å². The molecule has 8 heteroatoms. The number of terminal acetylenes is 1. The summed E-state index contributed by atoms with van der Waals surface area (Å²) in [5.41, 5.74) is 2.07. The van der Waals surface area contributed by atoms with Gasteiger partial charge in [0.05, 0.1) is 11.3 Å². The van der Waals surface area contributed by atoms with Crippen molar-refractivity contribution in [3.8, 4) is 23.5 Å². The minimum Gasteiger partial charge on any atom is -0.372 e. The normalized spacial score (nSPS) is 16.8. The number of nitrogens with zero attached hydrogens (tertiary/aromatic N) is 3. The van der Waals surface area contributed by atoms with Gasteiger partial charge in [-0.2, -0.15) is 9.61 Å². The molecule has 6 nitrogen and oxygen atoms in total. The molecule has 1 aliphatic heterocycles. The van der Waals surface area contributed by atoms with Crippen LogP contribution in [0.3, 0.4) is 0 Å². The smallest absolute Gasteiger partial charge is 0.350 e. The van der Waals surface area contributed by atoms with Crippen LogP contribution in [0.1, 0.15) is 24.6 Å². The molecule has 132 valence electrons. The van der Waals surface area contributed by atoms with Gasteiger partial charge in [0.15, 0.2) is 10.8 Å². The number of H-pyrrole nitrogens is 1. The number of nitrogens with one attached hydrogen (secondary N) is 1. The van der Waals surface area contributed by atoms with Gasteiger partial charge in [-0.1, -0.05) is 29.8 Å². The van der Waals surface area contributed by atoms with Crippen LogP contribution in [0.15, 0.2) is 34.2 Å². The minimum atomic E-state index is -0.401. The first-order valence-electron chi connectivity index (χ1n) is 8.14. The molecule has 1 aromatic carbocycles. The Hall–Kier alpha value is -2.63. The molecule has 1 fully saturated rings. The number of halogens is 1. The van der Waals surface area contributed by atoms with Gasteiger partial charge in [0, 0.05) is 6.61 Å². The highest BCUT2D eigenvalue weighted by Gasteiger charge is 2.28. The number of hydrogen-bond donors (Lipinski definition) is 1.